The van der Waals surface area contributed by atoms with Gasteiger partial charge in [0.05, 0.1) is 6.61 Å². The lowest BCUT2D eigenvalue weighted by Crippen LogP contribution is -2.51. The van der Waals surface area contributed by atoms with Gasteiger partial charge in [-0.1, -0.05) is 0 Å². The molecule has 1 atom stereocenters. The van der Waals surface area contributed by atoms with Crippen molar-refractivity contribution in [2.75, 3.05) is 33.5 Å². The third-order valence-corrected chi connectivity index (χ3v) is 5.56. The molecule has 0 bridgehead atoms. The number of hydrogen-bond donors (Lipinski definition) is 2. The number of carbonyl (C=O) groups excluding carboxylic acids is 1. The monoisotopic (exact) mass is 376 g/mol. The van der Waals surface area contributed by atoms with Crippen LogP contribution in [-0.2, 0) is 22.7 Å². The van der Waals surface area contributed by atoms with Crippen LogP contribution >= 0.6 is 0 Å². The summed E-state index contributed by atoms with van der Waals surface area (Å²) in [5.74, 6) is 1.28. The van der Waals surface area contributed by atoms with E-state index in [4.69, 9.17) is 9.47 Å². The van der Waals surface area contributed by atoms with E-state index in [1.807, 2.05) is 0 Å². The van der Waals surface area contributed by atoms with E-state index >= 15 is 0 Å². The molecule has 0 aliphatic carbocycles. The number of carbonyl (C=O) groups is 1. The molecular weight excluding hydrogens is 351 g/mol. The summed E-state index contributed by atoms with van der Waals surface area (Å²) in [4.78, 5) is 18.3. The normalized spacial score (nSPS) is 25.2. The van der Waals surface area contributed by atoms with E-state index in [0.717, 1.165) is 49.6 Å². The summed E-state index contributed by atoms with van der Waals surface area (Å²) in [6.07, 6.45) is 2.64. The first-order valence-corrected chi connectivity index (χ1v) is 9.33. The second-order valence-corrected chi connectivity index (χ2v) is 7.54. The SMILES string of the molecule is CN=C(NCc1cc(F)cc2c1OCOC2)N1CCCC2(CNC(=O)C2)C1. The first-order valence-electron chi connectivity index (χ1n) is 9.33. The number of ether oxygens (including phenoxy) is 2. The van der Waals surface area contributed by atoms with Gasteiger partial charge in [0.2, 0.25) is 5.91 Å². The Balaban J connectivity index is 1.46. The van der Waals surface area contributed by atoms with E-state index in [0.29, 0.717) is 25.3 Å². The van der Waals surface area contributed by atoms with Crippen molar-refractivity contribution in [1.29, 1.82) is 0 Å². The average molecular weight is 376 g/mol. The second-order valence-electron chi connectivity index (χ2n) is 7.54. The van der Waals surface area contributed by atoms with E-state index in [9.17, 15) is 9.18 Å². The quantitative estimate of drug-likeness (QED) is 0.602. The Morgan fingerprint density at radius 3 is 3.15 bits per heavy atom. The third-order valence-electron chi connectivity index (χ3n) is 5.56. The largest absolute Gasteiger partial charge is 0.467 e. The second kappa shape index (κ2) is 7.34. The summed E-state index contributed by atoms with van der Waals surface area (Å²) < 4.78 is 24.8. The lowest BCUT2D eigenvalue weighted by molar-refractivity contribution is -0.119. The molecule has 3 aliphatic heterocycles. The van der Waals surface area contributed by atoms with E-state index in [1.54, 1.807) is 7.05 Å². The number of nitrogens with zero attached hydrogens (tertiary/aromatic N) is 2. The lowest BCUT2D eigenvalue weighted by atomic mass is 9.79. The van der Waals surface area contributed by atoms with Gasteiger partial charge in [-0.2, -0.15) is 0 Å². The zero-order valence-electron chi connectivity index (χ0n) is 15.5. The predicted octanol–water partition coefficient (Wildman–Crippen LogP) is 1.37. The fourth-order valence-electron chi connectivity index (χ4n) is 4.32. The Labute approximate surface area is 157 Å². The standard InChI is InChI=1S/C19H25FN4O3/c1-21-18(24-4-2-3-19(11-24)7-16(25)23-10-19)22-8-13-5-15(20)6-14-9-26-12-27-17(13)14/h5-6H,2-4,7-12H2,1H3,(H,21,22)(H,23,25). The molecule has 2 saturated heterocycles. The topological polar surface area (TPSA) is 75.2 Å². The highest BCUT2D eigenvalue weighted by Gasteiger charge is 2.42. The molecule has 1 amide bonds. The predicted molar refractivity (Wildman–Crippen MR) is 97.7 cm³/mol. The van der Waals surface area contributed by atoms with Crippen LogP contribution in [0.5, 0.6) is 5.75 Å². The van der Waals surface area contributed by atoms with Crippen LogP contribution in [0.15, 0.2) is 17.1 Å². The van der Waals surface area contributed by atoms with Gasteiger partial charge >= 0.3 is 0 Å². The van der Waals surface area contributed by atoms with Gasteiger partial charge in [-0.05, 0) is 25.0 Å². The highest BCUT2D eigenvalue weighted by Crippen LogP contribution is 2.36. The summed E-state index contributed by atoms with van der Waals surface area (Å²) in [7, 11) is 1.74. The molecule has 146 valence electrons. The third kappa shape index (κ3) is 3.71. The molecule has 2 fully saturated rings. The minimum Gasteiger partial charge on any atom is -0.467 e. The molecule has 27 heavy (non-hydrogen) atoms. The number of hydrogen-bond acceptors (Lipinski definition) is 4. The van der Waals surface area contributed by atoms with Gasteiger partial charge in [0.15, 0.2) is 12.8 Å². The summed E-state index contributed by atoms with van der Waals surface area (Å²) in [6.45, 7) is 3.34. The van der Waals surface area contributed by atoms with Crippen molar-refractivity contribution >= 4 is 11.9 Å². The van der Waals surface area contributed by atoms with Gasteiger partial charge in [-0.3, -0.25) is 9.79 Å². The molecule has 8 heteroatoms. The number of aliphatic imine (C=N–C) groups is 1. The van der Waals surface area contributed by atoms with Gasteiger partial charge in [-0.25, -0.2) is 4.39 Å². The fourth-order valence-corrected chi connectivity index (χ4v) is 4.32. The molecule has 1 aromatic carbocycles. The molecule has 0 saturated carbocycles. The number of likely N-dealkylation sites (tertiary alicyclic amines) is 1. The molecule has 7 nitrogen and oxygen atoms in total. The van der Waals surface area contributed by atoms with Crippen LogP contribution < -0.4 is 15.4 Å². The molecular formula is C19H25FN4O3. The maximum absolute atomic E-state index is 13.9. The van der Waals surface area contributed by atoms with Crippen LogP contribution in [0.2, 0.25) is 0 Å². The number of guanidine groups is 1. The first-order chi connectivity index (χ1) is 13.1. The van der Waals surface area contributed by atoms with E-state index < -0.39 is 0 Å². The summed E-state index contributed by atoms with van der Waals surface area (Å²) in [5.41, 5.74) is 1.46. The highest BCUT2D eigenvalue weighted by atomic mass is 19.1. The van der Waals surface area contributed by atoms with Crippen LogP contribution in [0.4, 0.5) is 4.39 Å². The van der Waals surface area contributed by atoms with Gasteiger partial charge in [0, 0.05) is 56.2 Å². The molecule has 3 aliphatic rings. The molecule has 0 radical (unpaired) electrons. The Morgan fingerprint density at radius 1 is 1.48 bits per heavy atom. The zero-order valence-corrected chi connectivity index (χ0v) is 15.5. The minimum atomic E-state index is -0.304. The lowest BCUT2D eigenvalue weighted by Gasteiger charge is -2.40. The number of nitrogens with one attached hydrogen (secondary N) is 2. The first kappa shape index (κ1) is 18.0. The van der Waals surface area contributed by atoms with Crippen molar-refractivity contribution in [3.8, 4) is 5.75 Å². The van der Waals surface area contributed by atoms with Crippen LogP contribution in [0, 0.1) is 11.2 Å². The average Bonchev–Trinajstić information content (AvgIpc) is 3.01. The van der Waals surface area contributed by atoms with Gasteiger partial charge in [0.1, 0.15) is 11.6 Å². The van der Waals surface area contributed by atoms with Crippen molar-refractivity contribution in [2.45, 2.75) is 32.4 Å². The van der Waals surface area contributed by atoms with Crippen LogP contribution in [-0.4, -0.2) is 50.2 Å². The van der Waals surface area contributed by atoms with E-state index in [2.05, 4.69) is 20.5 Å². The highest BCUT2D eigenvalue weighted by molar-refractivity contribution is 5.81. The Morgan fingerprint density at radius 2 is 2.37 bits per heavy atom. The van der Waals surface area contributed by atoms with Crippen molar-refractivity contribution in [2.24, 2.45) is 10.4 Å². The minimum absolute atomic E-state index is 0.00851. The fraction of sp³-hybridized carbons (Fsp3) is 0.579. The van der Waals surface area contributed by atoms with Crippen LogP contribution in [0.25, 0.3) is 0 Å². The smallest absolute Gasteiger partial charge is 0.220 e. The number of benzene rings is 1. The maximum atomic E-state index is 13.9. The van der Waals surface area contributed by atoms with Crippen LogP contribution in [0.3, 0.4) is 0 Å². The maximum Gasteiger partial charge on any atom is 0.220 e. The van der Waals surface area contributed by atoms with Gasteiger partial charge < -0.3 is 25.0 Å². The summed E-state index contributed by atoms with van der Waals surface area (Å²) in [6, 6.07) is 2.94. The Bertz CT molecular complexity index is 770. The molecule has 2 N–H and O–H groups in total. The number of fused-ring (bicyclic) bond motifs is 1. The molecule has 0 aromatic heterocycles. The van der Waals surface area contributed by atoms with Crippen molar-refractivity contribution in [1.82, 2.24) is 15.5 Å². The van der Waals surface area contributed by atoms with E-state index in [1.165, 1.54) is 12.1 Å². The number of halogens is 1. The van der Waals surface area contributed by atoms with Crippen LogP contribution in [0.1, 0.15) is 30.4 Å². The van der Waals surface area contributed by atoms with E-state index in [-0.39, 0.29) is 23.9 Å². The zero-order chi connectivity index (χ0) is 18.9. The molecule has 1 unspecified atom stereocenters. The molecule has 1 aromatic rings. The van der Waals surface area contributed by atoms with Crippen molar-refractivity contribution in [3.63, 3.8) is 0 Å². The van der Waals surface area contributed by atoms with Crippen molar-refractivity contribution in [3.05, 3.63) is 29.1 Å². The Hall–Kier alpha value is -2.35. The van der Waals surface area contributed by atoms with Gasteiger partial charge in [0.25, 0.3) is 0 Å². The molecule has 3 heterocycles. The molecule has 4 rings (SSSR count). The Kier molecular flexibility index (Phi) is 4.90. The summed E-state index contributed by atoms with van der Waals surface area (Å²) in [5, 5.41) is 6.29. The number of piperidine rings is 1. The number of amides is 1. The number of rotatable bonds is 2. The molecule has 1 spiro atoms. The summed E-state index contributed by atoms with van der Waals surface area (Å²) >= 11 is 0. The van der Waals surface area contributed by atoms with Gasteiger partial charge in [-0.15, -0.1) is 0 Å². The van der Waals surface area contributed by atoms with Crippen molar-refractivity contribution < 1.29 is 18.7 Å².